The lowest BCUT2D eigenvalue weighted by Gasteiger charge is -2.33. The molecule has 0 amide bonds. The maximum Gasteiger partial charge on any atom is 0.0294 e. The molecule has 118 valence electrons. The van der Waals surface area contributed by atoms with Crippen LogP contribution < -0.4 is 5.32 Å². The molecule has 1 atom stereocenters. The Morgan fingerprint density at radius 1 is 1.14 bits per heavy atom. The largest absolute Gasteiger partial charge is 0.307 e. The summed E-state index contributed by atoms with van der Waals surface area (Å²) in [6, 6.07) is 10.4. The fourth-order valence-electron chi connectivity index (χ4n) is 3.22. The topological polar surface area (TPSA) is 15.3 Å². The van der Waals surface area contributed by atoms with E-state index in [9.17, 15) is 0 Å². The Labute approximate surface area is 130 Å². The lowest BCUT2D eigenvalue weighted by Crippen LogP contribution is -2.43. The van der Waals surface area contributed by atoms with Gasteiger partial charge in [0.25, 0.3) is 0 Å². The molecule has 2 rings (SSSR count). The molecule has 1 aliphatic heterocycles. The lowest BCUT2D eigenvalue weighted by atomic mass is 10.00. The number of rotatable bonds is 7. The van der Waals surface area contributed by atoms with Gasteiger partial charge in [0.1, 0.15) is 0 Å². The first-order valence-electron chi connectivity index (χ1n) is 8.80. The first-order valence-corrected chi connectivity index (χ1v) is 8.80. The molecule has 0 spiro atoms. The molecule has 0 aromatic heterocycles. The first kappa shape index (κ1) is 16.5. The Kier molecular flexibility index (Phi) is 6.72. The fourth-order valence-corrected chi connectivity index (χ4v) is 3.22. The molecular formula is C19H32N2. The van der Waals surface area contributed by atoms with Gasteiger partial charge in [0.15, 0.2) is 0 Å². The van der Waals surface area contributed by atoms with E-state index >= 15 is 0 Å². The number of nitrogens with zero attached hydrogens (tertiary/aromatic N) is 1. The molecule has 21 heavy (non-hydrogen) atoms. The quantitative estimate of drug-likeness (QED) is 0.810. The molecule has 1 aliphatic rings. The molecule has 0 aliphatic carbocycles. The van der Waals surface area contributed by atoms with Crippen LogP contribution in [0.4, 0.5) is 0 Å². The smallest absolute Gasteiger partial charge is 0.0294 e. The minimum absolute atomic E-state index is 0.461. The molecule has 1 saturated heterocycles. The first-order chi connectivity index (χ1) is 10.2. The number of unbranched alkanes of at least 4 members (excludes halogenated alkanes) is 1. The number of aryl methyl sites for hydroxylation is 1. The standard InChI is InChI=1S/C19H32N2/c1-4-6-7-17-8-10-18(11-9-17)16(3)20-19-12-14-21(5-2)15-13-19/h8-11,16,19-20H,4-7,12-15H2,1-3H3. The highest BCUT2D eigenvalue weighted by Gasteiger charge is 2.19. The van der Waals surface area contributed by atoms with Gasteiger partial charge >= 0.3 is 0 Å². The maximum absolute atomic E-state index is 3.82. The second kappa shape index (κ2) is 8.55. The molecule has 0 bridgehead atoms. The van der Waals surface area contributed by atoms with Gasteiger partial charge in [0.2, 0.25) is 0 Å². The number of likely N-dealkylation sites (tertiary alicyclic amines) is 1. The minimum atomic E-state index is 0.461. The average Bonchev–Trinajstić information content (AvgIpc) is 2.54. The summed E-state index contributed by atoms with van der Waals surface area (Å²) < 4.78 is 0. The van der Waals surface area contributed by atoms with Crippen molar-refractivity contribution in [2.24, 2.45) is 0 Å². The average molecular weight is 288 g/mol. The number of hydrogen-bond donors (Lipinski definition) is 1. The van der Waals surface area contributed by atoms with E-state index in [4.69, 9.17) is 0 Å². The van der Waals surface area contributed by atoms with E-state index in [0.717, 1.165) is 0 Å². The van der Waals surface area contributed by atoms with E-state index in [1.807, 2.05) is 0 Å². The van der Waals surface area contributed by atoms with Gasteiger partial charge in [-0.15, -0.1) is 0 Å². The molecule has 1 N–H and O–H groups in total. The van der Waals surface area contributed by atoms with Crippen LogP contribution in [0.3, 0.4) is 0 Å². The Hall–Kier alpha value is -0.860. The van der Waals surface area contributed by atoms with Crippen LogP contribution in [-0.4, -0.2) is 30.6 Å². The number of piperidine rings is 1. The van der Waals surface area contributed by atoms with E-state index in [-0.39, 0.29) is 0 Å². The molecule has 1 aromatic carbocycles. The van der Waals surface area contributed by atoms with E-state index in [2.05, 4.69) is 55.3 Å². The van der Waals surface area contributed by atoms with Crippen molar-refractivity contribution in [1.82, 2.24) is 10.2 Å². The summed E-state index contributed by atoms with van der Waals surface area (Å²) in [6.45, 7) is 10.5. The van der Waals surface area contributed by atoms with Crippen molar-refractivity contribution in [3.05, 3.63) is 35.4 Å². The van der Waals surface area contributed by atoms with Crippen molar-refractivity contribution in [1.29, 1.82) is 0 Å². The highest BCUT2D eigenvalue weighted by molar-refractivity contribution is 5.25. The second-order valence-corrected chi connectivity index (χ2v) is 6.44. The molecule has 1 aromatic rings. The predicted octanol–water partition coefficient (Wildman–Crippen LogP) is 4.16. The summed E-state index contributed by atoms with van der Waals surface area (Å²) in [5.41, 5.74) is 2.90. The molecule has 1 unspecified atom stereocenters. The zero-order valence-corrected chi connectivity index (χ0v) is 14.1. The summed E-state index contributed by atoms with van der Waals surface area (Å²) in [4.78, 5) is 2.55. The molecule has 1 heterocycles. The van der Waals surface area contributed by atoms with Gasteiger partial charge < -0.3 is 10.2 Å². The van der Waals surface area contributed by atoms with E-state index in [0.29, 0.717) is 12.1 Å². The third kappa shape index (κ3) is 5.12. The van der Waals surface area contributed by atoms with Gasteiger partial charge in [0, 0.05) is 12.1 Å². The van der Waals surface area contributed by atoms with Crippen LogP contribution in [0.15, 0.2) is 24.3 Å². The van der Waals surface area contributed by atoms with Gasteiger partial charge in [0.05, 0.1) is 0 Å². The Morgan fingerprint density at radius 2 is 1.81 bits per heavy atom. The summed E-state index contributed by atoms with van der Waals surface area (Å²) in [7, 11) is 0. The Bertz CT molecular complexity index is 391. The van der Waals surface area contributed by atoms with Crippen LogP contribution in [0.2, 0.25) is 0 Å². The van der Waals surface area contributed by atoms with Crippen LogP contribution in [-0.2, 0) is 6.42 Å². The highest BCUT2D eigenvalue weighted by Crippen LogP contribution is 2.18. The monoisotopic (exact) mass is 288 g/mol. The fraction of sp³-hybridized carbons (Fsp3) is 0.684. The summed E-state index contributed by atoms with van der Waals surface area (Å²) in [6.07, 6.45) is 6.35. The van der Waals surface area contributed by atoms with Crippen molar-refractivity contribution in [2.75, 3.05) is 19.6 Å². The minimum Gasteiger partial charge on any atom is -0.307 e. The molecular weight excluding hydrogens is 256 g/mol. The molecule has 2 nitrogen and oxygen atoms in total. The van der Waals surface area contributed by atoms with Crippen molar-refractivity contribution >= 4 is 0 Å². The zero-order valence-electron chi connectivity index (χ0n) is 14.1. The second-order valence-electron chi connectivity index (χ2n) is 6.44. The molecule has 0 saturated carbocycles. The number of nitrogens with one attached hydrogen (secondary N) is 1. The number of benzene rings is 1. The normalized spacial score (nSPS) is 18.8. The SMILES string of the molecule is CCCCc1ccc(C(C)NC2CCN(CC)CC2)cc1. The van der Waals surface area contributed by atoms with Gasteiger partial charge in [-0.25, -0.2) is 0 Å². The summed E-state index contributed by atoms with van der Waals surface area (Å²) in [5.74, 6) is 0. The third-order valence-electron chi connectivity index (χ3n) is 4.82. The van der Waals surface area contributed by atoms with Gasteiger partial charge in [-0.1, -0.05) is 44.5 Å². The van der Waals surface area contributed by atoms with Crippen molar-refractivity contribution < 1.29 is 0 Å². The molecule has 1 fully saturated rings. The van der Waals surface area contributed by atoms with Gasteiger partial charge in [-0.05, 0) is 63.4 Å². The molecule has 0 radical (unpaired) electrons. The predicted molar refractivity (Wildman–Crippen MR) is 91.7 cm³/mol. The Balaban J connectivity index is 1.81. The van der Waals surface area contributed by atoms with E-state index in [1.165, 1.54) is 62.9 Å². The van der Waals surface area contributed by atoms with E-state index < -0.39 is 0 Å². The van der Waals surface area contributed by atoms with Crippen LogP contribution in [0.25, 0.3) is 0 Å². The van der Waals surface area contributed by atoms with Gasteiger partial charge in [-0.2, -0.15) is 0 Å². The van der Waals surface area contributed by atoms with Crippen LogP contribution in [0, 0.1) is 0 Å². The van der Waals surface area contributed by atoms with Crippen molar-refractivity contribution in [3.8, 4) is 0 Å². The third-order valence-corrected chi connectivity index (χ3v) is 4.82. The number of hydrogen-bond acceptors (Lipinski definition) is 2. The highest BCUT2D eigenvalue weighted by atomic mass is 15.1. The van der Waals surface area contributed by atoms with E-state index in [1.54, 1.807) is 0 Å². The molecule has 2 heteroatoms. The maximum atomic E-state index is 3.82. The van der Waals surface area contributed by atoms with Gasteiger partial charge in [-0.3, -0.25) is 0 Å². The summed E-state index contributed by atoms with van der Waals surface area (Å²) in [5, 5.41) is 3.82. The summed E-state index contributed by atoms with van der Waals surface area (Å²) >= 11 is 0. The van der Waals surface area contributed by atoms with Crippen LogP contribution in [0.5, 0.6) is 0 Å². The zero-order chi connectivity index (χ0) is 15.1. The Morgan fingerprint density at radius 3 is 2.38 bits per heavy atom. The van der Waals surface area contributed by atoms with Crippen molar-refractivity contribution in [3.63, 3.8) is 0 Å². The van der Waals surface area contributed by atoms with Crippen LogP contribution >= 0.6 is 0 Å². The lowest BCUT2D eigenvalue weighted by molar-refractivity contribution is 0.200. The van der Waals surface area contributed by atoms with Crippen molar-refractivity contribution in [2.45, 2.75) is 65.0 Å². The van der Waals surface area contributed by atoms with Crippen LogP contribution in [0.1, 0.15) is 63.6 Å².